The Morgan fingerprint density at radius 2 is 1.62 bits per heavy atom. The maximum absolute atomic E-state index is 12.3. The second-order valence-electron chi connectivity index (χ2n) is 6.98. The fourth-order valence-corrected chi connectivity index (χ4v) is 5.22. The summed E-state index contributed by atoms with van der Waals surface area (Å²) in [5.41, 5.74) is 0.100. The van der Waals surface area contributed by atoms with Gasteiger partial charge in [0.25, 0.3) is 0 Å². The summed E-state index contributed by atoms with van der Waals surface area (Å²) in [5.74, 6) is 0.805. The number of piperazine rings is 1. The summed E-state index contributed by atoms with van der Waals surface area (Å²) in [6, 6.07) is 0. The molecule has 3 aliphatic heterocycles. The van der Waals surface area contributed by atoms with E-state index in [0.29, 0.717) is 18.1 Å². The van der Waals surface area contributed by atoms with Crippen LogP contribution in [0.5, 0.6) is 0 Å². The number of rotatable bonds is 2. The van der Waals surface area contributed by atoms with E-state index in [9.17, 15) is 13.2 Å². The number of carbonyl (C=O) groups excluding carboxylic acids is 1. The molecule has 0 radical (unpaired) electrons. The molecule has 0 atom stereocenters. The third-order valence-corrected chi connectivity index (χ3v) is 6.90. The Balaban J connectivity index is 1.44. The number of sulfone groups is 1. The fourth-order valence-electron chi connectivity index (χ4n) is 3.52. The summed E-state index contributed by atoms with van der Waals surface area (Å²) in [7, 11) is -0.705. The molecule has 1 amide bonds. The van der Waals surface area contributed by atoms with Gasteiger partial charge in [-0.2, -0.15) is 0 Å². The van der Waals surface area contributed by atoms with Gasteiger partial charge in [0.1, 0.15) is 9.84 Å². The van der Waals surface area contributed by atoms with Gasteiger partial charge in [-0.15, -0.1) is 0 Å². The first-order valence-corrected chi connectivity index (χ1v) is 9.59. The Hall–Kier alpha value is -0.660. The van der Waals surface area contributed by atoms with Crippen LogP contribution in [0.4, 0.5) is 0 Å². The van der Waals surface area contributed by atoms with E-state index in [2.05, 4.69) is 16.8 Å². The minimum Gasteiger partial charge on any atom is -0.340 e. The standard InChI is InChI=1S/C14H25N3O3S/c1-15-4-6-16(7-5-15)10-13(18)17-11-14(12-17)2-8-21(19,20)9-3-14/h2-12H2,1H3. The molecule has 0 aromatic heterocycles. The molecule has 0 aliphatic carbocycles. The number of nitrogens with zero attached hydrogens (tertiary/aromatic N) is 3. The number of amides is 1. The van der Waals surface area contributed by atoms with Crippen molar-refractivity contribution in [3.05, 3.63) is 0 Å². The molecule has 0 N–H and O–H groups in total. The highest BCUT2D eigenvalue weighted by Crippen LogP contribution is 2.41. The van der Waals surface area contributed by atoms with Crippen LogP contribution in [-0.2, 0) is 14.6 Å². The number of carbonyl (C=O) groups is 1. The molecule has 21 heavy (non-hydrogen) atoms. The number of likely N-dealkylation sites (N-methyl/N-ethyl adjacent to an activating group) is 1. The highest BCUT2D eigenvalue weighted by atomic mass is 32.2. The van der Waals surface area contributed by atoms with Crippen molar-refractivity contribution in [3.8, 4) is 0 Å². The predicted octanol–water partition coefficient (Wildman–Crippen LogP) is -0.729. The molecule has 0 aromatic carbocycles. The summed E-state index contributed by atoms with van der Waals surface area (Å²) >= 11 is 0. The molecule has 0 saturated carbocycles. The average Bonchev–Trinajstić information content (AvgIpc) is 2.39. The largest absolute Gasteiger partial charge is 0.340 e. The molecule has 3 rings (SSSR count). The predicted molar refractivity (Wildman–Crippen MR) is 80.8 cm³/mol. The van der Waals surface area contributed by atoms with Gasteiger partial charge in [0.05, 0.1) is 18.1 Å². The van der Waals surface area contributed by atoms with Gasteiger partial charge in [-0.1, -0.05) is 0 Å². The van der Waals surface area contributed by atoms with Gasteiger partial charge in [-0.25, -0.2) is 8.42 Å². The van der Waals surface area contributed by atoms with Gasteiger partial charge < -0.3 is 9.80 Å². The van der Waals surface area contributed by atoms with Gasteiger partial charge >= 0.3 is 0 Å². The Morgan fingerprint density at radius 1 is 1.05 bits per heavy atom. The molecule has 6 nitrogen and oxygen atoms in total. The summed E-state index contributed by atoms with van der Waals surface area (Å²) in [4.78, 5) is 18.7. The Morgan fingerprint density at radius 3 is 2.19 bits per heavy atom. The highest BCUT2D eigenvalue weighted by Gasteiger charge is 2.48. The lowest BCUT2D eigenvalue weighted by Crippen LogP contribution is -2.62. The zero-order valence-electron chi connectivity index (χ0n) is 12.8. The van der Waals surface area contributed by atoms with Gasteiger partial charge in [-0.05, 0) is 19.9 Å². The number of hydrogen-bond acceptors (Lipinski definition) is 5. The quantitative estimate of drug-likeness (QED) is 0.672. The van der Waals surface area contributed by atoms with Crippen molar-refractivity contribution in [3.63, 3.8) is 0 Å². The molecular weight excluding hydrogens is 290 g/mol. The topological polar surface area (TPSA) is 60.9 Å². The zero-order valence-corrected chi connectivity index (χ0v) is 13.6. The Labute approximate surface area is 127 Å². The van der Waals surface area contributed by atoms with E-state index in [4.69, 9.17) is 0 Å². The number of likely N-dealkylation sites (tertiary alicyclic amines) is 1. The van der Waals surface area contributed by atoms with Crippen LogP contribution < -0.4 is 0 Å². The van der Waals surface area contributed by atoms with Crippen molar-refractivity contribution >= 4 is 15.7 Å². The van der Waals surface area contributed by atoms with E-state index in [1.807, 2.05) is 4.90 Å². The number of hydrogen-bond donors (Lipinski definition) is 0. The van der Waals surface area contributed by atoms with Gasteiger partial charge in [0.15, 0.2) is 0 Å². The second-order valence-corrected chi connectivity index (χ2v) is 9.28. The smallest absolute Gasteiger partial charge is 0.236 e. The lowest BCUT2D eigenvalue weighted by molar-refractivity contribution is -0.145. The van der Waals surface area contributed by atoms with Crippen molar-refractivity contribution in [2.45, 2.75) is 12.8 Å². The first-order valence-electron chi connectivity index (χ1n) is 7.77. The van der Waals surface area contributed by atoms with Crippen LogP contribution in [0.1, 0.15) is 12.8 Å². The van der Waals surface area contributed by atoms with E-state index in [-0.39, 0.29) is 11.3 Å². The van der Waals surface area contributed by atoms with Gasteiger partial charge in [0.2, 0.25) is 5.91 Å². The van der Waals surface area contributed by atoms with E-state index in [0.717, 1.165) is 52.1 Å². The lowest BCUT2D eigenvalue weighted by atomic mass is 9.74. The molecule has 0 aromatic rings. The van der Waals surface area contributed by atoms with E-state index < -0.39 is 9.84 Å². The molecular formula is C14H25N3O3S. The second kappa shape index (κ2) is 5.52. The van der Waals surface area contributed by atoms with Crippen LogP contribution in [0, 0.1) is 5.41 Å². The molecule has 1 spiro atoms. The maximum atomic E-state index is 12.3. The molecule has 3 fully saturated rings. The molecule has 0 unspecified atom stereocenters. The molecule has 120 valence electrons. The van der Waals surface area contributed by atoms with Crippen molar-refractivity contribution < 1.29 is 13.2 Å². The van der Waals surface area contributed by atoms with Crippen LogP contribution in [0.25, 0.3) is 0 Å². The Kier molecular flexibility index (Phi) is 4.00. The van der Waals surface area contributed by atoms with Crippen LogP contribution in [0.2, 0.25) is 0 Å². The molecule has 3 aliphatic rings. The Bertz CT molecular complexity index is 490. The summed E-state index contributed by atoms with van der Waals surface area (Å²) in [6.45, 7) is 6.00. The third-order valence-electron chi connectivity index (χ3n) is 5.25. The summed E-state index contributed by atoms with van der Waals surface area (Å²) in [5, 5.41) is 0. The molecule has 0 bridgehead atoms. The van der Waals surface area contributed by atoms with Crippen LogP contribution in [0.15, 0.2) is 0 Å². The minimum absolute atomic E-state index is 0.100. The SMILES string of the molecule is CN1CCN(CC(=O)N2CC3(CCS(=O)(=O)CC3)C2)CC1. The van der Waals surface area contributed by atoms with Gasteiger partial charge in [0, 0.05) is 44.7 Å². The van der Waals surface area contributed by atoms with Gasteiger partial charge in [-0.3, -0.25) is 9.69 Å². The third kappa shape index (κ3) is 3.40. The fraction of sp³-hybridized carbons (Fsp3) is 0.929. The van der Waals surface area contributed by atoms with Crippen LogP contribution in [0.3, 0.4) is 0 Å². The van der Waals surface area contributed by atoms with E-state index in [1.165, 1.54) is 0 Å². The van der Waals surface area contributed by atoms with Crippen molar-refractivity contribution in [1.29, 1.82) is 0 Å². The summed E-state index contributed by atoms with van der Waals surface area (Å²) in [6.07, 6.45) is 1.46. The van der Waals surface area contributed by atoms with E-state index >= 15 is 0 Å². The normalized spacial score (nSPS) is 29.3. The first kappa shape index (κ1) is 15.2. The lowest BCUT2D eigenvalue weighted by Gasteiger charge is -2.52. The van der Waals surface area contributed by atoms with Crippen LogP contribution >= 0.6 is 0 Å². The molecule has 3 heterocycles. The zero-order chi connectivity index (χ0) is 15.1. The average molecular weight is 315 g/mol. The highest BCUT2D eigenvalue weighted by molar-refractivity contribution is 7.91. The molecule has 7 heteroatoms. The minimum atomic E-state index is -2.81. The summed E-state index contributed by atoms with van der Waals surface area (Å²) < 4.78 is 23.0. The molecule has 3 saturated heterocycles. The van der Waals surface area contributed by atoms with Crippen molar-refractivity contribution in [2.24, 2.45) is 5.41 Å². The van der Waals surface area contributed by atoms with E-state index in [1.54, 1.807) is 0 Å². The maximum Gasteiger partial charge on any atom is 0.236 e. The monoisotopic (exact) mass is 315 g/mol. The van der Waals surface area contributed by atoms with Crippen molar-refractivity contribution in [2.75, 3.05) is 64.4 Å². The van der Waals surface area contributed by atoms with Crippen molar-refractivity contribution in [1.82, 2.24) is 14.7 Å². The van der Waals surface area contributed by atoms with Crippen LogP contribution in [-0.4, -0.2) is 93.4 Å². The first-order chi connectivity index (χ1) is 9.88.